The van der Waals surface area contributed by atoms with E-state index in [4.69, 9.17) is 0 Å². The summed E-state index contributed by atoms with van der Waals surface area (Å²) in [6.45, 7) is 2.02. The van der Waals surface area contributed by atoms with Crippen molar-refractivity contribution in [2.45, 2.75) is 13.3 Å². The van der Waals surface area contributed by atoms with Crippen molar-refractivity contribution >= 4 is 22.6 Å². The van der Waals surface area contributed by atoms with Crippen molar-refractivity contribution in [1.82, 2.24) is 4.98 Å². The number of hydrogen-bond donors (Lipinski definition) is 0. The Morgan fingerprint density at radius 3 is 2.90 bits per heavy atom. The van der Waals surface area contributed by atoms with E-state index in [1.165, 1.54) is 6.07 Å². The van der Waals surface area contributed by atoms with Crippen molar-refractivity contribution in [1.29, 1.82) is 0 Å². The average molecular weight is 251 g/mol. The Hall–Kier alpha value is -0.190. The molecule has 1 rings (SSSR count). The van der Waals surface area contributed by atoms with Crippen LogP contribution in [-0.4, -0.2) is 4.98 Å². The maximum absolute atomic E-state index is 12.4. The van der Waals surface area contributed by atoms with Gasteiger partial charge in [-0.05, 0) is 34.6 Å². The molecule has 0 bridgehead atoms. The molecule has 0 radical (unpaired) electrons. The predicted molar refractivity (Wildman–Crippen MR) is 46.3 cm³/mol. The van der Waals surface area contributed by atoms with E-state index in [2.05, 4.69) is 27.6 Å². The molecule has 54 valence electrons. The molecular weight excluding hydrogens is 244 g/mol. The van der Waals surface area contributed by atoms with Crippen molar-refractivity contribution in [3.63, 3.8) is 0 Å². The van der Waals surface area contributed by atoms with Crippen LogP contribution in [0, 0.1) is 9.52 Å². The van der Waals surface area contributed by atoms with Gasteiger partial charge in [0.1, 0.15) is 0 Å². The zero-order chi connectivity index (χ0) is 7.56. The average Bonchev–Trinajstić information content (AvgIpc) is 1.88. The standard InChI is InChI=1S/C7H7FIN/c1-2-5-4-10-7(8)3-6(5)9/h3-4H,2H2,1H3. The van der Waals surface area contributed by atoms with E-state index in [-0.39, 0.29) is 0 Å². The lowest BCUT2D eigenvalue weighted by Gasteiger charge is -1.97. The van der Waals surface area contributed by atoms with Crippen LogP contribution in [0.4, 0.5) is 4.39 Å². The fraction of sp³-hybridized carbons (Fsp3) is 0.286. The molecule has 0 amide bonds. The lowest BCUT2D eigenvalue weighted by Crippen LogP contribution is -1.90. The van der Waals surface area contributed by atoms with Crippen molar-refractivity contribution in [3.05, 3.63) is 27.3 Å². The Morgan fingerprint density at radius 1 is 1.70 bits per heavy atom. The topological polar surface area (TPSA) is 12.9 Å². The minimum atomic E-state index is -0.401. The van der Waals surface area contributed by atoms with E-state index in [0.29, 0.717) is 0 Å². The molecule has 1 aromatic rings. The van der Waals surface area contributed by atoms with Crippen LogP contribution in [-0.2, 0) is 6.42 Å². The van der Waals surface area contributed by atoms with E-state index in [0.717, 1.165) is 15.6 Å². The zero-order valence-corrected chi connectivity index (χ0v) is 7.72. The van der Waals surface area contributed by atoms with Crippen molar-refractivity contribution in [2.24, 2.45) is 0 Å². The van der Waals surface area contributed by atoms with Gasteiger partial charge in [0.15, 0.2) is 0 Å². The number of aryl methyl sites for hydroxylation is 1. The number of nitrogens with zero attached hydrogens (tertiary/aromatic N) is 1. The molecule has 0 spiro atoms. The highest BCUT2D eigenvalue weighted by Gasteiger charge is 1.98. The number of pyridine rings is 1. The lowest BCUT2D eigenvalue weighted by molar-refractivity contribution is 0.581. The highest BCUT2D eigenvalue weighted by molar-refractivity contribution is 14.1. The molecule has 0 aliphatic rings. The first-order valence-corrected chi connectivity index (χ1v) is 4.12. The van der Waals surface area contributed by atoms with Crippen LogP contribution in [0.5, 0.6) is 0 Å². The minimum absolute atomic E-state index is 0.401. The maximum atomic E-state index is 12.4. The van der Waals surface area contributed by atoms with Gasteiger partial charge in [-0.15, -0.1) is 0 Å². The van der Waals surface area contributed by atoms with Crippen molar-refractivity contribution < 1.29 is 4.39 Å². The lowest BCUT2D eigenvalue weighted by atomic mass is 10.2. The molecule has 1 aromatic heterocycles. The third-order valence-electron chi connectivity index (χ3n) is 1.28. The van der Waals surface area contributed by atoms with E-state index in [9.17, 15) is 4.39 Å². The quantitative estimate of drug-likeness (QED) is 0.551. The normalized spacial score (nSPS) is 9.90. The first kappa shape index (κ1) is 7.91. The minimum Gasteiger partial charge on any atom is -0.228 e. The number of rotatable bonds is 1. The van der Waals surface area contributed by atoms with Crippen molar-refractivity contribution in [2.75, 3.05) is 0 Å². The monoisotopic (exact) mass is 251 g/mol. The van der Waals surface area contributed by atoms with Gasteiger partial charge < -0.3 is 0 Å². The first-order valence-electron chi connectivity index (χ1n) is 3.04. The maximum Gasteiger partial charge on any atom is 0.213 e. The van der Waals surface area contributed by atoms with Crippen LogP contribution in [0.2, 0.25) is 0 Å². The molecule has 0 saturated carbocycles. The number of aromatic nitrogens is 1. The fourth-order valence-electron chi connectivity index (χ4n) is 0.696. The third-order valence-corrected chi connectivity index (χ3v) is 2.28. The largest absolute Gasteiger partial charge is 0.228 e. The highest BCUT2D eigenvalue weighted by Crippen LogP contribution is 2.11. The second kappa shape index (κ2) is 3.27. The number of halogens is 2. The smallest absolute Gasteiger partial charge is 0.213 e. The Kier molecular flexibility index (Phi) is 2.59. The second-order valence-electron chi connectivity index (χ2n) is 1.95. The first-order chi connectivity index (χ1) is 4.74. The van der Waals surface area contributed by atoms with Gasteiger partial charge in [0.25, 0.3) is 0 Å². The Balaban J connectivity index is 3.07. The molecular formula is C7H7FIN. The SMILES string of the molecule is CCc1cnc(F)cc1I. The van der Waals surface area contributed by atoms with Gasteiger partial charge in [-0.1, -0.05) is 6.92 Å². The molecule has 1 nitrogen and oxygen atoms in total. The zero-order valence-electron chi connectivity index (χ0n) is 5.56. The molecule has 3 heteroatoms. The summed E-state index contributed by atoms with van der Waals surface area (Å²) in [6, 6.07) is 1.44. The summed E-state index contributed by atoms with van der Waals surface area (Å²) in [6.07, 6.45) is 2.49. The summed E-state index contributed by atoms with van der Waals surface area (Å²) in [7, 11) is 0. The fourth-order valence-corrected chi connectivity index (χ4v) is 1.47. The summed E-state index contributed by atoms with van der Waals surface area (Å²) in [5, 5.41) is 0. The van der Waals surface area contributed by atoms with Gasteiger partial charge in [-0.25, -0.2) is 4.98 Å². The van der Waals surface area contributed by atoms with Crippen LogP contribution in [0.15, 0.2) is 12.3 Å². The van der Waals surface area contributed by atoms with Crippen LogP contribution in [0.3, 0.4) is 0 Å². The molecule has 0 saturated heterocycles. The Bertz CT molecular complexity index is 237. The second-order valence-corrected chi connectivity index (χ2v) is 3.11. The van der Waals surface area contributed by atoms with E-state index >= 15 is 0 Å². The molecule has 0 fully saturated rings. The van der Waals surface area contributed by atoms with Gasteiger partial charge in [0.2, 0.25) is 5.95 Å². The van der Waals surface area contributed by atoms with Crippen LogP contribution in [0.25, 0.3) is 0 Å². The summed E-state index contributed by atoms with van der Waals surface area (Å²) in [5.74, 6) is -0.401. The molecule has 0 aromatic carbocycles. The summed E-state index contributed by atoms with van der Waals surface area (Å²) < 4.78 is 13.3. The Morgan fingerprint density at radius 2 is 2.40 bits per heavy atom. The van der Waals surface area contributed by atoms with Gasteiger partial charge >= 0.3 is 0 Å². The van der Waals surface area contributed by atoms with Gasteiger partial charge in [0, 0.05) is 15.8 Å². The van der Waals surface area contributed by atoms with Crippen LogP contribution in [0.1, 0.15) is 12.5 Å². The van der Waals surface area contributed by atoms with Gasteiger partial charge in [-0.2, -0.15) is 4.39 Å². The van der Waals surface area contributed by atoms with Gasteiger partial charge in [-0.3, -0.25) is 0 Å². The van der Waals surface area contributed by atoms with E-state index in [1.807, 2.05) is 6.92 Å². The number of hydrogen-bond acceptors (Lipinski definition) is 1. The molecule has 10 heavy (non-hydrogen) atoms. The summed E-state index contributed by atoms with van der Waals surface area (Å²) in [4.78, 5) is 3.54. The van der Waals surface area contributed by atoms with Crippen LogP contribution >= 0.6 is 22.6 Å². The molecule has 1 heterocycles. The molecule has 0 N–H and O–H groups in total. The van der Waals surface area contributed by atoms with Gasteiger partial charge in [0.05, 0.1) is 0 Å². The van der Waals surface area contributed by atoms with Crippen molar-refractivity contribution in [3.8, 4) is 0 Å². The van der Waals surface area contributed by atoms with E-state index < -0.39 is 5.95 Å². The van der Waals surface area contributed by atoms with Crippen LogP contribution < -0.4 is 0 Å². The molecule has 0 aliphatic heterocycles. The Labute approximate surface area is 72.8 Å². The highest BCUT2D eigenvalue weighted by atomic mass is 127. The predicted octanol–water partition coefficient (Wildman–Crippen LogP) is 2.39. The third kappa shape index (κ3) is 1.65. The molecule has 0 unspecified atom stereocenters. The molecule has 0 aliphatic carbocycles. The summed E-state index contributed by atoms with van der Waals surface area (Å²) >= 11 is 2.11. The molecule has 0 atom stereocenters. The van der Waals surface area contributed by atoms with E-state index in [1.54, 1.807) is 6.20 Å². The summed E-state index contributed by atoms with van der Waals surface area (Å²) in [5.41, 5.74) is 1.10.